The van der Waals surface area contributed by atoms with Gasteiger partial charge in [-0.3, -0.25) is 0 Å². The quantitative estimate of drug-likeness (QED) is 0.898. The molecule has 0 atom stereocenters. The lowest BCUT2D eigenvalue weighted by Gasteiger charge is -2.11. The zero-order valence-electron chi connectivity index (χ0n) is 12.5. The van der Waals surface area contributed by atoms with Gasteiger partial charge in [-0.25, -0.2) is 4.68 Å². The van der Waals surface area contributed by atoms with Gasteiger partial charge in [-0.2, -0.15) is 20.1 Å². The van der Waals surface area contributed by atoms with E-state index in [9.17, 15) is 0 Å². The lowest BCUT2D eigenvalue weighted by Crippen LogP contribution is -2.15. The van der Waals surface area contributed by atoms with Crippen LogP contribution in [0.5, 0.6) is 6.01 Å². The monoisotopic (exact) mass is 276 g/mol. The Balaban J connectivity index is 2.45. The second-order valence-electron chi connectivity index (χ2n) is 4.78. The lowest BCUT2D eigenvalue weighted by molar-refractivity contribution is 0.221. The largest absolute Gasteiger partial charge is 0.461 e. The molecule has 20 heavy (non-hydrogen) atoms. The van der Waals surface area contributed by atoms with Crippen LogP contribution in [0.1, 0.15) is 32.2 Å². The van der Waals surface area contributed by atoms with Crippen LogP contribution in [0, 0.1) is 13.8 Å². The van der Waals surface area contributed by atoms with Crippen LogP contribution in [-0.4, -0.2) is 37.4 Å². The maximum absolute atomic E-state index is 5.57. The summed E-state index contributed by atoms with van der Waals surface area (Å²) >= 11 is 0. The van der Waals surface area contributed by atoms with Crippen molar-refractivity contribution in [1.82, 2.24) is 24.7 Å². The molecular weight excluding hydrogens is 256 g/mol. The molecule has 2 heterocycles. The SMILES string of the molecule is CCNc1nc(OC(C)C)nc(-n2nc(C)cc2C)n1. The number of rotatable bonds is 5. The summed E-state index contributed by atoms with van der Waals surface area (Å²) in [6.45, 7) is 10.5. The third kappa shape index (κ3) is 3.23. The number of aryl methyl sites for hydroxylation is 2. The van der Waals surface area contributed by atoms with Crippen LogP contribution in [0.4, 0.5) is 5.95 Å². The van der Waals surface area contributed by atoms with Crippen molar-refractivity contribution in [3.63, 3.8) is 0 Å². The number of hydrogen-bond acceptors (Lipinski definition) is 6. The van der Waals surface area contributed by atoms with Gasteiger partial charge in [0.2, 0.25) is 5.95 Å². The molecule has 2 aromatic rings. The Morgan fingerprint density at radius 2 is 2.00 bits per heavy atom. The van der Waals surface area contributed by atoms with Gasteiger partial charge < -0.3 is 10.1 Å². The molecule has 0 aliphatic heterocycles. The molecule has 1 N–H and O–H groups in total. The topological polar surface area (TPSA) is 77.8 Å². The van der Waals surface area contributed by atoms with E-state index >= 15 is 0 Å². The molecule has 0 aliphatic rings. The van der Waals surface area contributed by atoms with Crippen LogP contribution < -0.4 is 10.1 Å². The Morgan fingerprint density at radius 3 is 2.55 bits per heavy atom. The number of nitrogens with zero attached hydrogens (tertiary/aromatic N) is 5. The highest BCUT2D eigenvalue weighted by Gasteiger charge is 2.12. The zero-order chi connectivity index (χ0) is 14.7. The average Bonchev–Trinajstić information content (AvgIpc) is 2.67. The molecule has 0 unspecified atom stereocenters. The Morgan fingerprint density at radius 1 is 1.25 bits per heavy atom. The minimum absolute atomic E-state index is 0.000168. The summed E-state index contributed by atoms with van der Waals surface area (Å²) in [6.07, 6.45) is 0.000168. The van der Waals surface area contributed by atoms with Crippen molar-refractivity contribution >= 4 is 5.95 Å². The van der Waals surface area contributed by atoms with Gasteiger partial charge in [0, 0.05) is 12.2 Å². The van der Waals surface area contributed by atoms with Crippen LogP contribution in [0.15, 0.2) is 6.07 Å². The number of hydrogen-bond donors (Lipinski definition) is 1. The highest BCUT2D eigenvalue weighted by atomic mass is 16.5. The summed E-state index contributed by atoms with van der Waals surface area (Å²) in [5, 5.41) is 7.46. The third-order valence-electron chi connectivity index (χ3n) is 2.48. The third-order valence-corrected chi connectivity index (χ3v) is 2.48. The summed E-state index contributed by atoms with van der Waals surface area (Å²) < 4.78 is 7.25. The fourth-order valence-corrected chi connectivity index (χ4v) is 1.77. The van der Waals surface area contributed by atoms with Crippen molar-refractivity contribution in [2.45, 2.75) is 40.7 Å². The second-order valence-corrected chi connectivity index (χ2v) is 4.78. The van der Waals surface area contributed by atoms with Crippen molar-refractivity contribution in [2.24, 2.45) is 0 Å². The maximum atomic E-state index is 5.57. The first-order valence-electron chi connectivity index (χ1n) is 6.69. The number of aromatic nitrogens is 5. The summed E-state index contributed by atoms with van der Waals surface area (Å²) in [4.78, 5) is 12.9. The predicted molar refractivity (Wildman–Crippen MR) is 76.4 cm³/mol. The van der Waals surface area contributed by atoms with Crippen molar-refractivity contribution in [3.05, 3.63) is 17.5 Å². The van der Waals surface area contributed by atoms with Crippen molar-refractivity contribution in [3.8, 4) is 12.0 Å². The summed E-state index contributed by atoms with van der Waals surface area (Å²) in [7, 11) is 0. The Bertz CT molecular complexity index is 593. The van der Waals surface area contributed by atoms with Gasteiger partial charge in [0.05, 0.1) is 11.8 Å². The fraction of sp³-hybridized carbons (Fsp3) is 0.538. The van der Waals surface area contributed by atoms with Crippen LogP contribution >= 0.6 is 0 Å². The fourth-order valence-electron chi connectivity index (χ4n) is 1.77. The van der Waals surface area contributed by atoms with Gasteiger partial charge in [0.1, 0.15) is 0 Å². The molecule has 0 saturated carbocycles. The molecule has 0 radical (unpaired) electrons. The van der Waals surface area contributed by atoms with E-state index in [1.807, 2.05) is 40.7 Å². The van der Waals surface area contributed by atoms with Gasteiger partial charge in [-0.15, -0.1) is 0 Å². The first kappa shape index (κ1) is 14.2. The van der Waals surface area contributed by atoms with E-state index in [1.54, 1.807) is 4.68 Å². The molecule has 0 aromatic carbocycles. The molecular formula is C13H20N6O. The molecule has 0 aliphatic carbocycles. The Labute approximate surface area is 118 Å². The number of nitrogens with one attached hydrogen (secondary N) is 1. The zero-order valence-corrected chi connectivity index (χ0v) is 12.5. The van der Waals surface area contributed by atoms with E-state index in [1.165, 1.54) is 0 Å². The second kappa shape index (κ2) is 5.85. The van der Waals surface area contributed by atoms with E-state index in [4.69, 9.17) is 4.74 Å². The standard InChI is InChI=1S/C13H20N6O/c1-6-14-11-15-12(17-13(16-11)20-8(2)3)19-10(5)7-9(4)18-19/h7-8H,6H2,1-5H3,(H,14,15,16,17). The van der Waals surface area contributed by atoms with Gasteiger partial charge >= 0.3 is 6.01 Å². The molecule has 2 aromatic heterocycles. The van der Waals surface area contributed by atoms with E-state index in [2.05, 4.69) is 25.4 Å². The summed E-state index contributed by atoms with van der Waals surface area (Å²) in [6, 6.07) is 2.27. The minimum Gasteiger partial charge on any atom is -0.461 e. The first-order chi connectivity index (χ1) is 9.49. The maximum Gasteiger partial charge on any atom is 0.323 e. The van der Waals surface area contributed by atoms with Crippen LogP contribution in [0.25, 0.3) is 5.95 Å². The van der Waals surface area contributed by atoms with E-state index in [0.717, 1.165) is 17.9 Å². The molecule has 2 rings (SSSR count). The molecule has 7 heteroatoms. The summed E-state index contributed by atoms with van der Waals surface area (Å²) in [5.41, 5.74) is 1.88. The van der Waals surface area contributed by atoms with Crippen molar-refractivity contribution < 1.29 is 4.74 Å². The van der Waals surface area contributed by atoms with Crippen LogP contribution in [-0.2, 0) is 0 Å². The molecule has 108 valence electrons. The lowest BCUT2D eigenvalue weighted by atomic mass is 10.4. The van der Waals surface area contributed by atoms with Gasteiger partial charge in [0.15, 0.2) is 0 Å². The van der Waals surface area contributed by atoms with Crippen molar-refractivity contribution in [1.29, 1.82) is 0 Å². The van der Waals surface area contributed by atoms with Gasteiger partial charge in [-0.05, 0) is 40.7 Å². The Hall–Kier alpha value is -2.18. The molecule has 0 fully saturated rings. The molecule has 0 saturated heterocycles. The highest BCUT2D eigenvalue weighted by molar-refractivity contribution is 5.31. The number of ether oxygens (including phenoxy) is 1. The highest BCUT2D eigenvalue weighted by Crippen LogP contribution is 2.14. The molecule has 7 nitrogen and oxygen atoms in total. The van der Waals surface area contributed by atoms with E-state index < -0.39 is 0 Å². The van der Waals surface area contributed by atoms with Crippen LogP contribution in [0.2, 0.25) is 0 Å². The van der Waals surface area contributed by atoms with Crippen LogP contribution in [0.3, 0.4) is 0 Å². The molecule has 0 spiro atoms. The molecule has 0 bridgehead atoms. The van der Waals surface area contributed by atoms with E-state index in [0.29, 0.717) is 17.9 Å². The number of anilines is 1. The van der Waals surface area contributed by atoms with Crippen molar-refractivity contribution in [2.75, 3.05) is 11.9 Å². The predicted octanol–water partition coefficient (Wildman–Crippen LogP) is 1.89. The van der Waals surface area contributed by atoms with Gasteiger partial charge in [-0.1, -0.05) is 0 Å². The smallest absolute Gasteiger partial charge is 0.323 e. The molecule has 0 amide bonds. The summed E-state index contributed by atoms with van der Waals surface area (Å²) in [5.74, 6) is 0.943. The average molecular weight is 276 g/mol. The first-order valence-corrected chi connectivity index (χ1v) is 6.69. The van der Waals surface area contributed by atoms with Gasteiger partial charge in [0.25, 0.3) is 5.95 Å². The Kier molecular flexibility index (Phi) is 4.16. The van der Waals surface area contributed by atoms with E-state index in [-0.39, 0.29) is 6.10 Å². The minimum atomic E-state index is 0.000168. The normalized spacial score (nSPS) is 10.9.